The normalized spacial score (nSPS) is 11.6. The highest BCUT2D eigenvalue weighted by molar-refractivity contribution is 5.94. The van der Waals surface area contributed by atoms with Crippen LogP contribution >= 0.6 is 0 Å². The van der Waals surface area contributed by atoms with E-state index in [1.807, 2.05) is 12.1 Å². The molecule has 0 atom stereocenters. The number of carbonyl (C=O) groups is 1. The minimum atomic E-state index is -0.110. The van der Waals surface area contributed by atoms with Gasteiger partial charge in [0.1, 0.15) is 0 Å². The van der Waals surface area contributed by atoms with Crippen LogP contribution < -0.4 is 20.9 Å². The molecule has 0 spiro atoms. The molecule has 1 aromatic rings. The van der Waals surface area contributed by atoms with Crippen LogP contribution in [0, 0.1) is 0 Å². The summed E-state index contributed by atoms with van der Waals surface area (Å²) in [6, 6.07) is 8.20. The van der Waals surface area contributed by atoms with Gasteiger partial charge in [0, 0.05) is 50.3 Å². The molecule has 0 fully saturated rings. The maximum absolute atomic E-state index is 12.1. The van der Waals surface area contributed by atoms with E-state index in [1.165, 1.54) is 0 Å². The van der Waals surface area contributed by atoms with Crippen molar-refractivity contribution in [3.05, 3.63) is 48.7 Å². The lowest BCUT2D eigenvalue weighted by Crippen LogP contribution is -2.37. The zero-order chi connectivity index (χ0) is 18.2. The Morgan fingerprint density at radius 1 is 1.25 bits per heavy atom. The second-order valence-corrected chi connectivity index (χ2v) is 6.59. The summed E-state index contributed by atoms with van der Waals surface area (Å²) in [6.45, 7) is 11.0. The second-order valence-electron chi connectivity index (χ2n) is 6.59. The molecule has 0 aliphatic heterocycles. The predicted octanol–water partition coefficient (Wildman–Crippen LogP) is 2.74. The molecule has 24 heavy (non-hydrogen) atoms. The van der Waals surface area contributed by atoms with Crippen molar-refractivity contribution in [3.8, 4) is 0 Å². The average Bonchev–Trinajstić information content (AvgIpc) is 2.55. The second kappa shape index (κ2) is 9.01. The largest absolute Gasteiger partial charge is 0.394 e. The first-order chi connectivity index (χ1) is 11.3. The molecule has 5 nitrogen and oxygen atoms in total. The molecule has 0 aliphatic carbocycles. The number of rotatable bonds is 8. The average molecular weight is 330 g/mol. The number of amides is 1. The lowest BCUT2D eigenvalue weighted by atomic mass is 10.1. The van der Waals surface area contributed by atoms with E-state index in [1.54, 1.807) is 19.3 Å². The van der Waals surface area contributed by atoms with Crippen molar-refractivity contribution < 1.29 is 4.79 Å². The maximum atomic E-state index is 12.1. The molecule has 1 rings (SSSR count). The van der Waals surface area contributed by atoms with Gasteiger partial charge in [-0.3, -0.25) is 4.79 Å². The van der Waals surface area contributed by atoms with Crippen molar-refractivity contribution in [2.45, 2.75) is 26.3 Å². The van der Waals surface area contributed by atoms with Gasteiger partial charge >= 0.3 is 0 Å². The molecular weight excluding hydrogens is 300 g/mol. The van der Waals surface area contributed by atoms with Gasteiger partial charge in [0.05, 0.1) is 5.57 Å². The summed E-state index contributed by atoms with van der Waals surface area (Å²) in [6.07, 6.45) is 3.36. The monoisotopic (exact) mass is 330 g/mol. The molecule has 0 saturated heterocycles. The van der Waals surface area contributed by atoms with Gasteiger partial charge in [-0.25, -0.2) is 0 Å². The van der Waals surface area contributed by atoms with Crippen LogP contribution in [0.3, 0.4) is 0 Å². The third-order valence-corrected chi connectivity index (χ3v) is 3.76. The first kappa shape index (κ1) is 19.6. The summed E-state index contributed by atoms with van der Waals surface area (Å²) in [5.41, 5.74) is 2.83. The number of benzene rings is 1. The van der Waals surface area contributed by atoms with E-state index in [9.17, 15) is 4.79 Å². The quantitative estimate of drug-likeness (QED) is 0.507. The maximum Gasteiger partial charge on any atom is 0.250 e. The fourth-order valence-corrected chi connectivity index (χ4v) is 2.04. The Labute approximate surface area is 145 Å². The summed E-state index contributed by atoms with van der Waals surface area (Å²) in [7, 11) is 3.86. The minimum absolute atomic E-state index is 0.0703. The molecular formula is C19H30N4O. The number of nitrogens with zero attached hydrogens (tertiary/aromatic N) is 1. The summed E-state index contributed by atoms with van der Waals surface area (Å²) >= 11 is 0. The van der Waals surface area contributed by atoms with Gasteiger partial charge in [-0.1, -0.05) is 6.08 Å². The van der Waals surface area contributed by atoms with E-state index in [2.05, 4.69) is 67.4 Å². The van der Waals surface area contributed by atoms with Crippen molar-refractivity contribution in [1.82, 2.24) is 10.6 Å². The smallest absolute Gasteiger partial charge is 0.250 e. The van der Waals surface area contributed by atoms with Gasteiger partial charge < -0.3 is 20.9 Å². The Morgan fingerprint density at radius 3 is 2.38 bits per heavy atom. The molecule has 0 aliphatic rings. The Hall–Kier alpha value is -2.43. The van der Waals surface area contributed by atoms with E-state index < -0.39 is 0 Å². The number of carbonyl (C=O) groups excluding carboxylic acids is 1. The minimum Gasteiger partial charge on any atom is -0.394 e. The molecule has 0 aromatic heterocycles. The summed E-state index contributed by atoms with van der Waals surface area (Å²) in [4.78, 5) is 14.3. The highest BCUT2D eigenvalue weighted by atomic mass is 16.1. The zero-order valence-electron chi connectivity index (χ0n) is 15.4. The lowest BCUT2D eigenvalue weighted by Gasteiger charge is -2.34. The third-order valence-electron chi connectivity index (χ3n) is 3.76. The first-order valence-electron chi connectivity index (χ1n) is 8.12. The van der Waals surface area contributed by atoms with E-state index >= 15 is 0 Å². The van der Waals surface area contributed by atoms with Crippen molar-refractivity contribution >= 4 is 17.3 Å². The summed E-state index contributed by atoms with van der Waals surface area (Å²) in [5, 5.41) is 8.97. The Bertz CT molecular complexity index is 570. The molecule has 0 bridgehead atoms. The number of nitrogens with one attached hydrogen (secondary N) is 3. The summed E-state index contributed by atoms with van der Waals surface area (Å²) < 4.78 is 0. The van der Waals surface area contributed by atoms with Crippen LogP contribution in [0.2, 0.25) is 0 Å². The molecule has 0 unspecified atom stereocenters. The van der Waals surface area contributed by atoms with Gasteiger partial charge in [0.25, 0.3) is 5.91 Å². The predicted molar refractivity (Wildman–Crippen MR) is 103 cm³/mol. The lowest BCUT2D eigenvalue weighted by molar-refractivity contribution is -0.117. The van der Waals surface area contributed by atoms with Gasteiger partial charge in [-0.15, -0.1) is 6.58 Å². The van der Waals surface area contributed by atoms with Crippen LogP contribution in [-0.4, -0.2) is 38.6 Å². The van der Waals surface area contributed by atoms with Crippen molar-refractivity contribution in [2.24, 2.45) is 0 Å². The van der Waals surface area contributed by atoms with Crippen LogP contribution in [0.5, 0.6) is 0 Å². The van der Waals surface area contributed by atoms with Crippen molar-refractivity contribution in [2.75, 3.05) is 37.4 Å². The van der Waals surface area contributed by atoms with Gasteiger partial charge in [0.2, 0.25) is 0 Å². The van der Waals surface area contributed by atoms with Crippen LogP contribution in [-0.2, 0) is 4.79 Å². The molecule has 3 N–H and O–H groups in total. The van der Waals surface area contributed by atoms with E-state index in [0.717, 1.165) is 11.4 Å². The molecule has 5 heteroatoms. The molecule has 1 amide bonds. The fourth-order valence-electron chi connectivity index (χ4n) is 2.04. The molecule has 0 radical (unpaired) electrons. The van der Waals surface area contributed by atoms with Crippen LogP contribution in [0.4, 0.5) is 11.4 Å². The SMILES string of the molecule is C=CCNC(=O)/C(=C/NC)CNc1ccc(N(C)C(C)(C)C)cc1. The molecule has 132 valence electrons. The standard InChI is InChI=1S/C19H30N4O/c1-7-12-21-18(24)15(13-20-5)14-22-16-8-10-17(11-9-16)23(6)19(2,3)4/h7-11,13,20,22H,1,12,14H2,2-6H3,(H,21,24)/b15-13+. The topological polar surface area (TPSA) is 56.4 Å². The van der Waals surface area contributed by atoms with Gasteiger partial charge in [-0.2, -0.15) is 0 Å². The third kappa shape index (κ3) is 5.99. The molecule has 0 saturated carbocycles. The molecule has 0 heterocycles. The Balaban J connectivity index is 2.70. The highest BCUT2D eigenvalue weighted by Crippen LogP contribution is 2.23. The molecule has 1 aromatic carbocycles. The summed E-state index contributed by atoms with van der Waals surface area (Å²) in [5.74, 6) is -0.110. The van der Waals surface area contributed by atoms with E-state index in [4.69, 9.17) is 0 Å². The number of hydrogen-bond acceptors (Lipinski definition) is 4. The van der Waals surface area contributed by atoms with Crippen molar-refractivity contribution in [3.63, 3.8) is 0 Å². The van der Waals surface area contributed by atoms with E-state index in [0.29, 0.717) is 18.7 Å². The Kier molecular flexibility index (Phi) is 7.36. The van der Waals surface area contributed by atoms with E-state index in [-0.39, 0.29) is 11.4 Å². The van der Waals surface area contributed by atoms with Crippen LogP contribution in [0.25, 0.3) is 0 Å². The van der Waals surface area contributed by atoms with Gasteiger partial charge in [0.15, 0.2) is 0 Å². The number of anilines is 2. The van der Waals surface area contributed by atoms with Crippen LogP contribution in [0.1, 0.15) is 20.8 Å². The zero-order valence-corrected chi connectivity index (χ0v) is 15.4. The van der Waals surface area contributed by atoms with Crippen LogP contribution in [0.15, 0.2) is 48.7 Å². The highest BCUT2D eigenvalue weighted by Gasteiger charge is 2.17. The number of hydrogen-bond donors (Lipinski definition) is 3. The fraction of sp³-hybridized carbons (Fsp3) is 0.421. The van der Waals surface area contributed by atoms with Crippen molar-refractivity contribution in [1.29, 1.82) is 0 Å². The Morgan fingerprint density at radius 2 is 1.88 bits per heavy atom. The van der Waals surface area contributed by atoms with Gasteiger partial charge in [-0.05, 0) is 45.0 Å². The first-order valence-corrected chi connectivity index (χ1v) is 8.12.